The van der Waals surface area contributed by atoms with Gasteiger partial charge in [-0.15, -0.1) is 10.2 Å². The van der Waals surface area contributed by atoms with Crippen molar-refractivity contribution in [2.45, 2.75) is 24.4 Å². The van der Waals surface area contributed by atoms with Gasteiger partial charge in [0, 0.05) is 25.3 Å². The molecule has 2 aromatic rings. The van der Waals surface area contributed by atoms with Crippen LogP contribution in [0.1, 0.15) is 17.5 Å². The van der Waals surface area contributed by atoms with Crippen LogP contribution in [0.3, 0.4) is 0 Å². The average molecular weight is 316 g/mol. The highest BCUT2D eigenvalue weighted by molar-refractivity contribution is 7.99. The minimum atomic E-state index is 0.106. The van der Waals surface area contributed by atoms with Crippen molar-refractivity contribution in [2.24, 2.45) is 13.0 Å². The summed E-state index contributed by atoms with van der Waals surface area (Å²) in [6.07, 6.45) is 4.49. The number of rotatable bonds is 5. The van der Waals surface area contributed by atoms with Gasteiger partial charge in [0.25, 0.3) is 0 Å². The number of hydrogen-bond donors (Lipinski definition) is 1. The summed E-state index contributed by atoms with van der Waals surface area (Å²) < 4.78 is 1.88. The minimum Gasteiger partial charge on any atom is -0.355 e. The Kier molecular flexibility index (Phi) is 4.77. The van der Waals surface area contributed by atoms with Gasteiger partial charge in [-0.25, -0.2) is 0 Å². The summed E-state index contributed by atoms with van der Waals surface area (Å²) in [6.45, 7) is 0.661. The van der Waals surface area contributed by atoms with Crippen LogP contribution >= 0.6 is 11.8 Å². The third kappa shape index (κ3) is 3.50. The van der Waals surface area contributed by atoms with Crippen molar-refractivity contribution < 1.29 is 4.79 Å². The zero-order valence-corrected chi connectivity index (χ0v) is 13.5. The highest BCUT2D eigenvalue weighted by Crippen LogP contribution is 2.25. The van der Waals surface area contributed by atoms with E-state index in [1.807, 2.05) is 11.6 Å². The summed E-state index contributed by atoms with van der Waals surface area (Å²) in [5.41, 5.74) is 2.71. The second-order valence-corrected chi connectivity index (χ2v) is 6.63. The smallest absolute Gasteiger partial charge is 0.223 e. The molecule has 0 aliphatic heterocycles. The molecule has 1 aliphatic rings. The molecule has 1 aromatic heterocycles. The van der Waals surface area contributed by atoms with Crippen molar-refractivity contribution in [2.75, 3.05) is 12.3 Å². The van der Waals surface area contributed by atoms with E-state index in [1.54, 1.807) is 18.1 Å². The number of amides is 1. The van der Waals surface area contributed by atoms with Crippen molar-refractivity contribution in [1.29, 1.82) is 0 Å². The fourth-order valence-corrected chi connectivity index (χ4v) is 3.53. The van der Waals surface area contributed by atoms with E-state index in [-0.39, 0.29) is 11.8 Å². The molecular formula is C16H20N4OS. The Hall–Kier alpha value is -1.82. The van der Waals surface area contributed by atoms with E-state index in [0.717, 1.165) is 30.2 Å². The normalized spacial score (nSPS) is 17.0. The van der Waals surface area contributed by atoms with Crippen molar-refractivity contribution in [3.63, 3.8) is 0 Å². The Morgan fingerprint density at radius 2 is 2.23 bits per heavy atom. The minimum absolute atomic E-state index is 0.106. The fourth-order valence-electron chi connectivity index (χ4n) is 2.79. The van der Waals surface area contributed by atoms with Gasteiger partial charge in [-0.1, -0.05) is 36.0 Å². The average Bonchev–Trinajstić information content (AvgIpc) is 2.96. The Labute approximate surface area is 134 Å². The maximum atomic E-state index is 12.3. The van der Waals surface area contributed by atoms with Crippen molar-refractivity contribution in [1.82, 2.24) is 20.1 Å². The number of hydrogen-bond acceptors (Lipinski definition) is 4. The first-order valence-corrected chi connectivity index (χ1v) is 8.54. The van der Waals surface area contributed by atoms with Gasteiger partial charge in [0.05, 0.1) is 0 Å². The van der Waals surface area contributed by atoms with Gasteiger partial charge in [0.15, 0.2) is 5.16 Å². The van der Waals surface area contributed by atoms with E-state index in [0.29, 0.717) is 6.54 Å². The maximum absolute atomic E-state index is 12.3. The van der Waals surface area contributed by atoms with Crippen molar-refractivity contribution in [3.05, 3.63) is 41.7 Å². The first-order chi connectivity index (χ1) is 10.7. The molecule has 0 spiro atoms. The Bertz CT molecular complexity index is 655. The quantitative estimate of drug-likeness (QED) is 0.675. The molecule has 1 heterocycles. The number of nitrogens with zero attached hydrogens (tertiary/aromatic N) is 3. The number of fused-ring (bicyclic) bond motifs is 1. The first kappa shape index (κ1) is 15.1. The van der Waals surface area contributed by atoms with Gasteiger partial charge in [-0.2, -0.15) is 0 Å². The molecule has 116 valence electrons. The molecule has 1 atom stereocenters. The molecule has 1 aromatic carbocycles. The number of carbonyl (C=O) groups excluding carboxylic acids is 1. The van der Waals surface area contributed by atoms with Crippen LogP contribution in [0.25, 0.3) is 0 Å². The topological polar surface area (TPSA) is 59.8 Å². The summed E-state index contributed by atoms with van der Waals surface area (Å²) >= 11 is 1.61. The zero-order valence-electron chi connectivity index (χ0n) is 12.7. The standard InChI is InChI=1S/C16H20N4OS/c1-20-11-18-19-16(20)22-9-8-17-15(21)14-7-6-12-4-2-3-5-13(12)10-14/h2-5,11,14H,6-10H2,1H3,(H,17,21). The summed E-state index contributed by atoms with van der Waals surface area (Å²) in [4.78, 5) is 12.3. The first-order valence-electron chi connectivity index (χ1n) is 7.55. The third-order valence-electron chi connectivity index (χ3n) is 4.02. The predicted octanol–water partition coefficient (Wildman–Crippen LogP) is 1.83. The molecule has 1 N–H and O–H groups in total. The number of aryl methyl sites for hydroxylation is 2. The van der Waals surface area contributed by atoms with E-state index in [4.69, 9.17) is 0 Å². The highest BCUT2D eigenvalue weighted by atomic mass is 32.2. The summed E-state index contributed by atoms with van der Waals surface area (Å²) in [7, 11) is 1.92. The van der Waals surface area contributed by atoms with E-state index < -0.39 is 0 Å². The fraction of sp³-hybridized carbons (Fsp3) is 0.438. The van der Waals surface area contributed by atoms with Gasteiger partial charge in [-0.3, -0.25) is 4.79 Å². The lowest BCUT2D eigenvalue weighted by Crippen LogP contribution is -2.35. The Morgan fingerprint density at radius 3 is 3.00 bits per heavy atom. The number of benzene rings is 1. The summed E-state index contributed by atoms with van der Waals surface area (Å²) in [5.74, 6) is 1.09. The van der Waals surface area contributed by atoms with Crippen molar-refractivity contribution >= 4 is 17.7 Å². The van der Waals surface area contributed by atoms with E-state index in [1.165, 1.54) is 11.1 Å². The Morgan fingerprint density at radius 1 is 1.41 bits per heavy atom. The molecule has 22 heavy (non-hydrogen) atoms. The molecule has 6 heteroatoms. The van der Waals surface area contributed by atoms with Gasteiger partial charge in [0.1, 0.15) is 6.33 Å². The number of carbonyl (C=O) groups is 1. The van der Waals surface area contributed by atoms with Crippen LogP contribution in [-0.2, 0) is 24.7 Å². The zero-order chi connectivity index (χ0) is 15.4. The maximum Gasteiger partial charge on any atom is 0.223 e. The lowest BCUT2D eigenvalue weighted by molar-refractivity contribution is -0.125. The van der Waals surface area contributed by atoms with Gasteiger partial charge in [0.2, 0.25) is 5.91 Å². The summed E-state index contributed by atoms with van der Waals surface area (Å²) in [5, 5.41) is 11.8. The molecule has 1 unspecified atom stereocenters. The lowest BCUT2D eigenvalue weighted by atomic mass is 9.83. The molecule has 0 bridgehead atoms. The van der Waals surface area contributed by atoms with E-state index in [2.05, 4.69) is 39.8 Å². The monoisotopic (exact) mass is 316 g/mol. The number of aromatic nitrogens is 3. The van der Waals surface area contributed by atoms with Crippen LogP contribution < -0.4 is 5.32 Å². The largest absolute Gasteiger partial charge is 0.355 e. The molecule has 0 fully saturated rings. The summed E-state index contributed by atoms with van der Waals surface area (Å²) in [6, 6.07) is 8.43. The van der Waals surface area contributed by atoms with Crippen LogP contribution in [0, 0.1) is 5.92 Å². The molecule has 0 saturated heterocycles. The number of thioether (sulfide) groups is 1. The van der Waals surface area contributed by atoms with Gasteiger partial charge in [-0.05, 0) is 30.4 Å². The van der Waals surface area contributed by atoms with Crippen LogP contribution in [0.4, 0.5) is 0 Å². The molecule has 0 saturated carbocycles. The van der Waals surface area contributed by atoms with Gasteiger partial charge >= 0.3 is 0 Å². The van der Waals surface area contributed by atoms with E-state index in [9.17, 15) is 4.79 Å². The van der Waals surface area contributed by atoms with Crippen LogP contribution in [-0.4, -0.2) is 33.0 Å². The molecule has 5 nitrogen and oxygen atoms in total. The van der Waals surface area contributed by atoms with Crippen LogP contribution in [0.2, 0.25) is 0 Å². The molecule has 0 radical (unpaired) electrons. The molecule has 1 aliphatic carbocycles. The number of nitrogens with one attached hydrogen (secondary N) is 1. The van der Waals surface area contributed by atoms with Crippen LogP contribution in [0.15, 0.2) is 35.7 Å². The molecule has 3 rings (SSSR count). The Balaban J connectivity index is 1.44. The molecule has 1 amide bonds. The third-order valence-corrected chi connectivity index (χ3v) is 5.06. The lowest BCUT2D eigenvalue weighted by Gasteiger charge is -2.23. The van der Waals surface area contributed by atoms with Crippen molar-refractivity contribution in [3.8, 4) is 0 Å². The SMILES string of the molecule is Cn1cnnc1SCCNC(=O)C1CCc2ccccc2C1. The highest BCUT2D eigenvalue weighted by Gasteiger charge is 2.23. The molecular weight excluding hydrogens is 296 g/mol. The second-order valence-electron chi connectivity index (χ2n) is 5.57. The second kappa shape index (κ2) is 6.96. The van der Waals surface area contributed by atoms with Crippen LogP contribution in [0.5, 0.6) is 0 Å². The van der Waals surface area contributed by atoms with Gasteiger partial charge < -0.3 is 9.88 Å². The predicted molar refractivity (Wildman–Crippen MR) is 86.7 cm³/mol. The van der Waals surface area contributed by atoms with E-state index >= 15 is 0 Å².